The SMILES string of the molecule is O=C(O)C1CCN(C(c2ccc3c(c2)OCO3)c2ccc(Cl)cc2Cl)CC1. The minimum Gasteiger partial charge on any atom is -0.481 e. The van der Waals surface area contributed by atoms with Crippen LogP contribution in [0.4, 0.5) is 0 Å². The van der Waals surface area contributed by atoms with E-state index in [1.54, 1.807) is 6.07 Å². The Hall–Kier alpha value is -1.95. The van der Waals surface area contributed by atoms with Crippen LogP contribution in [0, 0.1) is 5.92 Å². The van der Waals surface area contributed by atoms with Gasteiger partial charge in [0.25, 0.3) is 0 Å². The van der Waals surface area contributed by atoms with Crippen LogP contribution >= 0.6 is 23.2 Å². The van der Waals surface area contributed by atoms with E-state index in [0.29, 0.717) is 41.7 Å². The van der Waals surface area contributed by atoms with Gasteiger partial charge >= 0.3 is 5.97 Å². The molecule has 1 N–H and O–H groups in total. The van der Waals surface area contributed by atoms with Gasteiger partial charge in [0.2, 0.25) is 6.79 Å². The third-order valence-corrected chi connectivity index (χ3v) is 5.78. The van der Waals surface area contributed by atoms with E-state index in [0.717, 1.165) is 16.9 Å². The smallest absolute Gasteiger partial charge is 0.306 e. The Morgan fingerprint density at radius 2 is 1.81 bits per heavy atom. The maximum absolute atomic E-state index is 11.3. The molecule has 142 valence electrons. The predicted molar refractivity (Wildman–Crippen MR) is 103 cm³/mol. The highest BCUT2D eigenvalue weighted by Gasteiger charge is 2.32. The summed E-state index contributed by atoms with van der Waals surface area (Å²) in [5, 5.41) is 10.5. The molecule has 2 aromatic rings. The number of halogens is 2. The van der Waals surface area contributed by atoms with Crippen molar-refractivity contribution < 1.29 is 19.4 Å². The molecule has 1 atom stereocenters. The van der Waals surface area contributed by atoms with Gasteiger partial charge in [-0.3, -0.25) is 9.69 Å². The Labute approximate surface area is 167 Å². The molecule has 4 rings (SSSR count). The molecule has 2 aliphatic rings. The van der Waals surface area contributed by atoms with Gasteiger partial charge in [-0.25, -0.2) is 0 Å². The molecule has 0 aromatic heterocycles. The molecule has 2 aromatic carbocycles. The first-order valence-corrected chi connectivity index (χ1v) is 9.60. The van der Waals surface area contributed by atoms with Gasteiger partial charge in [0.05, 0.1) is 12.0 Å². The fourth-order valence-electron chi connectivity index (χ4n) is 3.80. The molecule has 27 heavy (non-hydrogen) atoms. The van der Waals surface area contributed by atoms with Gasteiger partial charge in [0.1, 0.15) is 0 Å². The van der Waals surface area contributed by atoms with Gasteiger partial charge in [-0.2, -0.15) is 0 Å². The number of aliphatic carboxylic acids is 1. The largest absolute Gasteiger partial charge is 0.481 e. The molecule has 1 fully saturated rings. The lowest BCUT2D eigenvalue weighted by Gasteiger charge is -2.37. The van der Waals surface area contributed by atoms with Crippen molar-refractivity contribution in [2.45, 2.75) is 18.9 Å². The van der Waals surface area contributed by atoms with E-state index in [1.807, 2.05) is 30.3 Å². The van der Waals surface area contributed by atoms with E-state index in [2.05, 4.69) is 4.90 Å². The van der Waals surface area contributed by atoms with Crippen molar-refractivity contribution in [3.8, 4) is 11.5 Å². The lowest BCUT2D eigenvalue weighted by Crippen LogP contribution is -2.39. The van der Waals surface area contributed by atoms with Crippen LogP contribution in [0.3, 0.4) is 0 Å². The lowest BCUT2D eigenvalue weighted by atomic mass is 9.91. The van der Waals surface area contributed by atoms with Crippen molar-refractivity contribution in [2.24, 2.45) is 5.92 Å². The van der Waals surface area contributed by atoms with Gasteiger partial charge in [-0.1, -0.05) is 35.3 Å². The number of carboxylic acids is 1. The van der Waals surface area contributed by atoms with E-state index in [-0.39, 0.29) is 18.8 Å². The number of nitrogens with zero attached hydrogens (tertiary/aromatic N) is 1. The number of hydrogen-bond acceptors (Lipinski definition) is 4. The minimum absolute atomic E-state index is 0.112. The molecule has 7 heteroatoms. The number of benzene rings is 2. The number of likely N-dealkylation sites (tertiary alicyclic amines) is 1. The third kappa shape index (κ3) is 3.72. The van der Waals surface area contributed by atoms with Gasteiger partial charge in [0.15, 0.2) is 11.5 Å². The van der Waals surface area contributed by atoms with Gasteiger partial charge < -0.3 is 14.6 Å². The average Bonchev–Trinajstić information content (AvgIpc) is 3.12. The summed E-state index contributed by atoms with van der Waals surface area (Å²) in [6, 6.07) is 11.3. The number of fused-ring (bicyclic) bond motifs is 1. The van der Waals surface area contributed by atoms with Crippen LogP contribution < -0.4 is 9.47 Å². The van der Waals surface area contributed by atoms with Gasteiger partial charge in [-0.15, -0.1) is 0 Å². The third-order valence-electron chi connectivity index (χ3n) is 5.21. The highest BCUT2D eigenvalue weighted by molar-refractivity contribution is 6.35. The normalized spacial score (nSPS) is 18.4. The molecular weight excluding hydrogens is 389 g/mol. The maximum Gasteiger partial charge on any atom is 0.306 e. The molecule has 0 radical (unpaired) electrons. The van der Waals surface area contributed by atoms with E-state index in [9.17, 15) is 9.90 Å². The summed E-state index contributed by atoms with van der Waals surface area (Å²) in [4.78, 5) is 13.6. The van der Waals surface area contributed by atoms with Crippen molar-refractivity contribution >= 4 is 29.2 Å². The van der Waals surface area contributed by atoms with E-state index in [4.69, 9.17) is 32.7 Å². The Bertz CT molecular complexity index is 865. The van der Waals surface area contributed by atoms with Crippen LogP contribution in [0.25, 0.3) is 0 Å². The summed E-state index contributed by atoms with van der Waals surface area (Å²) >= 11 is 12.6. The Morgan fingerprint density at radius 1 is 1.07 bits per heavy atom. The zero-order valence-corrected chi connectivity index (χ0v) is 16.0. The van der Waals surface area contributed by atoms with Crippen LogP contribution in [0.5, 0.6) is 11.5 Å². The predicted octanol–water partition coefficient (Wildman–Crippen LogP) is 4.61. The van der Waals surface area contributed by atoms with E-state index >= 15 is 0 Å². The Morgan fingerprint density at radius 3 is 2.52 bits per heavy atom. The first kappa shape index (κ1) is 18.4. The lowest BCUT2D eigenvalue weighted by molar-refractivity contribution is -0.143. The van der Waals surface area contributed by atoms with Crippen molar-refractivity contribution in [3.63, 3.8) is 0 Å². The molecule has 0 saturated carbocycles. The average molecular weight is 408 g/mol. The van der Waals surface area contributed by atoms with Crippen molar-refractivity contribution in [1.29, 1.82) is 0 Å². The van der Waals surface area contributed by atoms with Crippen LogP contribution in [-0.2, 0) is 4.79 Å². The second-order valence-corrected chi connectivity index (χ2v) is 7.67. The fourth-order valence-corrected chi connectivity index (χ4v) is 4.31. The second-order valence-electron chi connectivity index (χ2n) is 6.83. The number of ether oxygens (including phenoxy) is 2. The Kier molecular flexibility index (Phi) is 5.17. The topological polar surface area (TPSA) is 59.0 Å². The van der Waals surface area contributed by atoms with Crippen molar-refractivity contribution in [3.05, 3.63) is 57.6 Å². The first-order chi connectivity index (χ1) is 13.0. The summed E-state index contributed by atoms with van der Waals surface area (Å²) in [6.07, 6.45) is 1.23. The summed E-state index contributed by atoms with van der Waals surface area (Å²) in [6.45, 7) is 1.57. The first-order valence-electron chi connectivity index (χ1n) is 8.84. The minimum atomic E-state index is -0.723. The summed E-state index contributed by atoms with van der Waals surface area (Å²) < 4.78 is 11.0. The summed E-state index contributed by atoms with van der Waals surface area (Å²) in [5.74, 6) is 0.422. The molecule has 0 spiro atoms. The van der Waals surface area contributed by atoms with Crippen molar-refractivity contribution in [2.75, 3.05) is 19.9 Å². The standard InChI is InChI=1S/C20H19Cl2NO4/c21-14-2-3-15(16(22)10-14)19(23-7-5-12(6-8-23)20(24)25)13-1-4-17-18(9-13)27-11-26-17/h1-4,9-10,12,19H,5-8,11H2,(H,24,25). The van der Waals surface area contributed by atoms with E-state index in [1.165, 1.54) is 0 Å². The van der Waals surface area contributed by atoms with Crippen LogP contribution in [-0.4, -0.2) is 35.9 Å². The van der Waals surface area contributed by atoms with E-state index < -0.39 is 5.97 Å². The molecule has 0 amide bonds. The molecule has 1 saturated heterocycles. The zero-order valence-electron chi connectivity index (χ0n) is 14.5. The monoisotopic (exact) mass is 407 g/mol. The maximum atomic E-state index is 11.3. The molecule has 2 aliphatic heterocycles. The molecule has 0 bridgehead atoms. The van der Waals surface area contributed by atoms with Crippen LogP contribution in [0.1, 0.15) is 30.0 Å². The quantitative estimate of drug-likeness (QED) is 0.801. The number of rotatable bonds is 4. The molecular formula is C20H19Cl2NO4. The van der Waals surface area contributed by atoms with Gasteiger partial charge in [-0.05, 0) is 61.3 Å². The summed E-state index contributed by atoms with van der Waals surface area (Å²) in [5.41, 5.74) is 1.96. The van der Waals surface area contributed by atoms with Crippen molar-refractivity contribution in [1.82, 2.24) is 4.90 Å². The number of carboxylic acid groups (broad SMARTS) is 1. The zero-order chi connectivity index (χ0) is 19.0. The number of piperidine rings is 1. The molecule has 5 nitrogen and oxygen atoms in total. The highest BCUT2D eigenvalue weighted by Crippen LogP contribution is 2.41. The van der Waals surface area contributed by atoms with Crippen LogP contribution in [0.2, 0.25) is 10.0 Å². The molecule has 0 aliphatic carbocycles. The van der Waals surface area contributed by atoms with Gasteiger partial charge in [0, 0.05) is 10.0 Å². The summed E-state index contributed by atoms with van der Waals surface area (Å²) in [7, 11) is 0. The highest BCUT2D eigenvalue weighted by atomic mass is 35.5. The van der Waals surface area contributed by atoms with Crippen LogP contribution in [0.15, 0.2) is 36.4 Å². The Balaban J connectivity index is 1.70. The molecule has 1 unspecified atom stereocenters. The second kappa shape index (κ2) is 7.58. The number of hydrogen-bond donors (Lipinski definition) is 1. The number of carbonyl (C=O) groups is 1. The fraction of sp³-hybridized carbons (Fsp3) is 0.350. The molecule has 2 heterocycles.